The van der Waals surface area contributed by atoms with Crippen molar-refractivity contribution in [2.75, 3.05) is 4.90 Å². The quantitative estimate of drug-likeness (QED) is 0.651. The van der Waals surface area contributed by atoms with Crippen LogP contribution in [0.5, 0.6) is 5.75 Å². The number of furan rings is 2. The summed E-state index contributed by atoms with van der Waals surface area (Å²) in [5, 5.41) is 8.53. The van der Waals surface area contributed by atoms with E-state index < -0.39 is 41.9 Å². The van der Waals surface area contributed by atoms with E-state index >= 15 is 0 Å². The number of fused-ring (bicyclic) bond motifs is 1. The Morgan fingerprint density at radius 2 is 2.11 bits per heavy atom. The van der Waals surface area contributed by atoms with E-state index in [2.05, 4.69) is 4.74 Å². The summed E-state index contributed by atoms with van der Waals surface area (Å²) in [6, 6.07) is -0.463. The molecule has 0 saturated carbocycles. The summed E-state index contributed by atoms with van der Waals surface area (Å²) in [6.45, 7) is 0. The number of amides is 2. The first-order valence-corrected chi connectivity index (χ1v) is 5.19. The van der Waals surface area contributed by atoms with E-state index in [9.17, 15) is 14.4 Å². The lowest BCUT2D eigenvalue weighted by atomic mass is 10.3. The van der Waals surface area contributed by atoms with E-state index in [0.717, 1.165) is 0 Å². The van der Waals surface area contributed by atoms with Gasteiger partial charge < -0.3 is 18.7 Å². The van der Waals surface area contributed by atoms with Gasteiger partial charge in [0.15, 0.2) is 0 Å². The maximum Gasteiger partial charge on any atom is 0.511 e. The van der Waals surface area contributed by atoms with Gasteiger partial charge in [0.25, 0.3) is 5.88 Å². The van der Waals surface area contributed by atoms with E-state index in [-0.39, 0.29) is 24.0 Å². The Hall–Kier alpha value is -2.77. The molecule has 0 radical (unpaired) electrons. The topological polar surface area (TPSA) is 110 Å². The number of hydrogen-bond donors (Lipinski definition) is 1. The number of ether oxygens (including phenoxy) is 1. The Morgan fingerprint density at radius 1 is 1.42 bits per heavy atom. The molecule has 0 atom stereocenters. The lowest BCUT2D eigenvalue weighted by Gasteiger charge is -2.10. The van der Waals surface area contributed by atoms with Gasteiger partial charge in [-0.1, -0.05) is 0 Å². The minimum absolute atomic E-state index is 0.0369. The van der Waals surface area contributed by atoms with E-state index in [0.29, 0.717) is 4.90 Å². The summed E-state index contributed by atoms with van der Waals surface area (Å²) >= 11 is 0. The molecule has 0 bridgehead atoms. The number of anilines is 1. The number of carboxylic acid groups (broad SMARTS) is 1. The summed E-state index contributed by atoms with van der Waals surface area (Å²) in [4.78, 5) is 34.8. The van der Waals surface area contributed by atoms with E-state index in [4.69, 9.17) is 16.7 Å². The Balaban J connectivity index is 2.24. The van der Waals surface area contributed by atoms with Gasteiger partial charge in [-0.3, -0.25) is 9.59 Å². The fourth-order valence-electron chi connectivity index (χ4n) is 1.82. The summed E-state index contributed by atoms with van der Waals surface area (Å²) in [5.74, 6) is -2.47. The van der Waals surface area contributed by atoms with Gasteiger partial charge in [-0.25, -0.2) is 9.69 Å². The molecule has 8 nitrogen and oxygen atoms in total. The number of carbonyl (C=O) groups is 3. The van der Waals surface area contributed by atoms with Crippen molar-refractivity contribution in [3.63, 3.8) is 0 Å². The van der Waals surface area contributed by atoms with Gasteiger partial charge in [0.1, 0.15) is 6.76 Å². The zero-order valence-electron chi connectivity index (χ0n) is 11.3. The van der Waals surface area contributed by atoms with Crippen LogP contribution in [0.2, 0.25) is 0 Å². The Labute approximate surface area is 107 Å². The first-order valence-electron chi connectivity index (χ1n) is 6.19. The number of imide groups is 1. The van der Waals surface area contributed by atoms with Crippen LogP contribution in [0.25, 0.3) is 11.2 Å². The summed E-state index contributed by atoms with van der Waals surface area (Å²) < 4.78 is 29.4. The molecule has 98 valence electrons. The van der Waals surface area contributed by atoms with E-state index in [1.54, 1.807) is 0 Å². The molecular weight excluding hydrogens is 258 g/mol. The van der Waals surface area contributed by atoms with Gasteiger partial charge >= 0.3 is 11.9 Å². The predicted molar refractivity (Wildman–Crippen MR) is 58.9 cm³/mol. The first kappa shape index (κ1) is 9.20. The molecule has 1 N–H and O–H groups in total. The average molecular weight is 267 g/mol. The van der Waals surface area contributed by atoms with Crippen molar-refractivity contribution >= 4 is 35.0 Å². The van der Waals surface area contributed by atoms with Crippen LogP contribution in [0.1, 0.15) is 15.6 Å². The van der Waals surface area contributed by atoms with E-state index in [1.165, 1.54) is 0 Å². The van der Waals surface area contributed by atoms with Crippen molar-refractivity contribution in [2.45, 2.75) is 12.8 Å². The standard InChI is InChI=1S/C11H7NO7/c13-6-1-2-7(14)12(6)9-8(18-11(15)16)5-3-4-17-10(5)19-9/h3-4H,1-2H2,(H,15,16)/i3D,4D. The Bertz CT molecular complexity index is 774. The summed E-state index contributed by atoms with van der Waals surface area (Å²) in [7, 11) is 0. The summed E-state index contributed by atoms with van der Waals surface area (Å²) in [6.07, 6.45) is -2.34. The molecule has 1 saturated heterocycles. The molecule has 1 aliphatic heterocycles. The average Bonchev–Trinajstić information content (AvgIpc) is 2.98. The fraction of sp³-hybridized carbons (Fsp3) is 0.182. The second-order valence-corrected chi connectivity index (χ2v) is 3.72. The molecule has 0 aromatic carbocycles. The smallest absolute Gasteiger partial charge is 0.449 e. The molecule has 3 rings (SSSR count). The molecule has 0 aliphatic carbocycles. The molecule has 1 fully saturated rings. The largest absolute Gasteiger partial charge is 0.511 e. The van der Waals surface area contributed by atoms with Crippen LogP contribution < -0.4 is 9.64 Å². The SMILES string of the molecule is [2H]c1oc2oc(N3C(=O)CCC3=O)c(OC(=O)O)c2c1[2H]. The molecule has 3 heterocycles. The molecule has 8 heteroatoms. The van der Waals surface area contributed by atoms with Crippen LogP contribution in [0.3, 0.4) is 0 Å². The molecule has 2 amide bonds. The second kappa shape index (κ2) is 3.87. The van der Waals surface area contributed by atoms with Crippen molar-refractivity contribution in [2.24, 2.45) is 0 Å². The molecule has 2 aromatic rings. The Morgan fingerprint density at radius 3 is 2.74 bits per heavy atom. The van der Waals surface area contributed by atoms with Crippen molar-refractivity contribution in [1.29, 1.82) is 0 Å². The third-order valence-electron chi connectivity index (χ3n) is 2.58. The number of carbonyl (C=O) groups excluding carboxylic acids is 2. The minimum atomic E-state index is -1.72. The van der Waals surface area contributed by atoms with Gasteiger partial charge in [-0.05, 0) is 6.04 Å². The lowest BCUT2D eigenvalue weighted by Crippen LogP contribution is -2.28. The fourth-order valence-corrected chi connectivity index (χ4v) is 1.82. The van der Waals surface area contributed by atoms with Crippen LogP contribution in [0.4, 0.5) is 10.7 Å². The molecule has 0 unspecified atom stereocenters. The second-order valence-electron chi connectivity index (χ2n) is 3.72. The maximum atomic E-state index is 11.7. The van der Waals surface area contributed by atoms with Gasteiger partial charge in [0, 0.05) is 12.8 Å². The zero-order valence-corrected chi connectivity index (χ0v) is 9.26. The number of nitrogens with zero attached hydrogens (tertiary/aromatic N) is 1. The molecule has 1 aliphatic rings. The highest BCUT2D eigenvalue weighted by molar-refractivity contribution is 6.20. The molecular formula is C11H7NO7. The van der Waals surface area contributed by atoms with Gasteiger partial charge in [0.2, 0.25) is 17.6 Å². The van der Waals surface area contributed by atoms with Crippen LogP contribution in [0, 0.1) is 0 Å². The molecule has 19 heavy (non-hydrogen) atoms. The van der Waals surface area contributed by atoms with Crippen LogP contribution in [-0.4, -0.2) is 23.1 Å². The van der Waals surface area contributed by atoms with Crippen molar-refractivity contribution in [3.8, 4) is 5.75 Å². The third kappa shape index (κ3) is 1.65. The normalized spacial score (nSPS) is 16.9. The maximum absolute atomic E-state index is 11.7. The number of rotatable bonds is 2. The minimum Gasteiger partial charge on any atom is -0.449 e. The molecule has 0 spiro atoms. The highest BCUT2D eigenvalue weighted by atomic mass is 16.7. The third-order valence-corrected chi connectivity index (χ3v) is 2.58. The van der Waals surface area contributed by atoms with Crippen LogP contribution in [0.15, 0.2) is 21.1 Å². The van der Waals surface area contributed by atoms with Gasteiger partial charge in [-0.2, -0.15) is 0 Å². The monoisotopic (exact) mass is 267 g/mol. The number of hydrogen-bond acceptors (Lipinski definition) is 6. The van der Waals surface area contributed by atoms with Crippen molar-refractivity contribution in [3.05, 3.63) is 12.3 Å². The first-order chi connectivity index (χ1) is 9.90. The zero-order chi connectivity index (χ0) is 15.3. The molecule has 2 aromatic heterocycles. The lowest BCUT2D eigenvalue weighted by molar-refractivity contribution is -0.121. The predicted octanol–water partition coefficient (Wildman–Crippen LogP) is 1.74. The summed E-state index contributed by atoms with van der Waals surface area (Å²) in [5.41, 5.74) is 0. The highest BCUT2D eigenvalue weighted by Gasteiger charge is 2.37. The highest BCUT2D eigenvalue weighted by Crippen LogP contribution is 2.42. The van der Waals surface area contributed by atoms with Crippen LogP contribution in [-0.2, 0) is 9.59 Å². The van der Waals surface area contributed by atoms with E-state index in [1.807, 2.05) is 0 Å². The Kier molecular flexibility index (Phi) is 1.87. The van der Waals surface area contributed by atoms with Crippen LogP contribution >= 0.6 is 0 Å². The van der Waals surface area contributed by atoms with Gasteiger partial charge in [-0.15, -0.1) is 0 Å². The van der Waals surface area contributed by atoms with Gasteiger partial charge in [0.05, 0.1) is 7.61 Å². The van der Waals surface area contributed by atoms with Crippen molar-refractivity contribution < 1.29 is 35.8 Å². The van der Waals surface area contributed by atoms with Crippen molar-refractivity contribution in [1.82, 2.24) is 0 Å².